The van der Waals surface area contributed by atoms with Gasteiger partial charge >= 0.3 is 6.03 Å². The van der Waals surface area contributed by atoms with E-state index in [0.717, 1.165) is 12.8 Å². The van der Waals surface area contributed by atoms with Crippen LogP contribution in [0, 0.1) is 0 Å². The zero-order valence-corrected chi connectivity index (χ0v) is 9.20. The molecule has 88 valence electrons. The number of nitrogens with one attached hydrogen (secondary N) is 2. The maximum atomic E-state index is 11.4. The van der Waals surface area contributed by atoms with Crippen LogP contribution < -0.4 is 16.4 Å². The second-order valence-corrected chi connectivity index (χ2v) is 4.24. The highest BCUT2D eigenvalue weighted by Gasteiger charge is 2.17. The van der Waals surface area contributed by atoms with Crippen molar-refractivity contribution in [3.63, 3.8) is 0 Å². The molecule has 5 heteroatoms. The van der Waals surface area contributed by atoms with E-state index in [9.17, 15) is 4.79 Å². The lowest BCUT2D eigenvalue weighted by atomic mass is 10.2. The van der Waals surface area contributed by atoms with Gasteiger partial charge in [0.2, 0.25) is 0 Å². The molecule has 2 amide bonds. The minimum Gasteiger partial charge on any atom is -0.392 e. The van der Waals surface area contributed by atoms with Crippen LogP contribution in [0.1, 0.15) is 32.6 Å². The highest BCUT2D eigenvalue weighted by molar-refractivity contribution is 5.74. The molecule has 0 radical (unpaired) electrons. The first-order valence-corrected chi connectivity index (χ1v) is 5.57. The van der Waals surface area contributed by atoms with Crippen LogP contribution in [0.25, 0.3) is 0 Å². The Hall–Kier alpha value is -0.810. The number of hydrogen-bond donors (Lipinski definition) is 4. The summed E-state index contributed by atoms with van der Waals surface area (Å²) in [4.78, 5) is 11.4. The Morgan fingerprint density at radius 3 is 2.67 bits per heavy atom. The summed E-state index contributed by atoms with van der Waals surface area (Å²) >= 11 is 0. The van der Waals surface area contributed by atoms with E-state index in [-0.39, 0.29) is 6.03 Å². The number of carbonyl (C=O) groups is 1. The van der Waals surface area contributed by atoms with E-state index in [2.05, 4.69) is 10.6 Å². The maximum Gasteiger partial charge on any atom is 0.315 e. The molecule has 0 spiro atoms. The van der Waals surface area contributed by atoms with Gasteiger partial charge in [-0.3, -0.25) is 0 Å². The smallest absolute Gasteiger partial charge is 0.315 e. The molecule has 0 saturated heterocycles. The van der Waals surface area contributed by atoms with E-state index >= 15 is 0 Å². The normalized spacial score (nSPS) is 21.0. The molecule has 15 heavy (non-hydrogen) atoms. The van der Waals surface area contributed by atoms with Crippen molar-refractivity contribution >= 4 is 6.03 Å². The van der Waals surface area contributed by atoms with Crippen LogP contribution in [0.2, 0.25) is 0 Å². The molecular weight excluding hydrogens is 194 g/mol. The summed E-state index contributed by atoms with van der Waals surface area (Å²) in [5.41, 5.74) is 5.58. The van der Waals surface area contributed by atoms with Gasteiger partial charge in [-0.15, -0.1) is 0 Å². The van der Waals surface area contributed by atoms with Gasteiger partial charge in [0.15, 0.2) is 0 Å². The highest BCUT2D eigenvalue weighted by Crippen LogP contribution is 2.17. The van der Waals surface area contributed by atoms with Gasteiger partial charge in [0.05, 0.1) is 6.10 Å². The average molecular weight is 215 g/mol. The molecule has 0 bridgehead atoms. The molecule has 5 nitrogen and oxygen atoms in total. The average Bonchev–Trinajstić information content (AvgIpc) is 2.66. The third-order valence-corrected chi connectivity index (χ3v) is 2.81. The third kappa shape index (κ3) is 4.48. The molecule has 2 unspecified atom stereocenters. The molecule has 5 N–H and O–H groups in total. The molecular formula is C10H21N3O2. The second kappa shape index (κ2) is 5.92. The highest BCUT2D eigenvalue weighted by atomic mass is 16.3. The van der Waals surface area contributed by atoms with Gasteiger partial charge in [0, 0.05) is 18.6 Å². The Morgan fingerprint density at radius 2 is 2.13 bits per heavy atom. The van der Waals surface area contributed by atoms with Crippen molar-refractivity contribution in [3.05, 3.63) is 0 Å². The van der Waals surface area contributed by atoms with Gasteiger partial charge in [0.25, 0.3) is 0 Å². The molecule has 0 aromatic heterocycles. The Labute approximate surface area is 90.4 Å². The predicted octanol–water partition coefficient (Wildman–Crippen LogP) is -0.0637. The topological polar surface area (TPSA) is 87.4 Å². The Bertz CT molecular complexity index is 203. The van der Waals surface area contributed by atoms with Crippen molar-refractivity contribution in [3.8, 4) is 0 Å². The molecule has 0 aromatic carbocycles. The van der Waals surface area contributed by atoms with Crippen molar-refractivity contribution in [2.75, 3.05) is 6.54 Å². The van der Waals surface area contributed by atoms with E-state index in [1.165, 1.54) is 12.8 Å². The molecule has 1 aliphatic rings. The van der Waals surface area contributed by atoms with Gasteiger partial charge in [-0.1, -0.05) is 12.8 Å². The van der Waals surface area contributed by atoms with Gasteiger partial charge < -0.3 is 21.5 Å². The van der Waals surface area contributed by atoms with Crippen LogP contribution in [0.5, 0.6) is 0 Å². The summed E-state index contributed by atoms with van der Waals surface area (Å²) in [6, 6.07) is -0.273. The number of amides is 2. The number of hydrogen-bond acceptors (Lipinski definition) is 3. The monoisotopic (exact) mass is 215 g/mol. The van der Waals surface area contributed by atoms with Crippen LogP contribution in [-0.2, 0) is 0 Å². The lowest BCUT2D eigenvalue weighted by Gasteiger charge is -2.17. The minimum absolute atomic E-state index is 0.182. The SMILES string of the molecule is CC(O)C(N)CNC(=O)NC1CCCC1. The van der Waals surface area contributed by atoms with Crippen molar-refractivity contribution in [1.82, 2.24) is 10.6 Å². The fraction of sp³-hybridized carbons (Fsp3) is 0.900. The Kier molecular flexibility index (Phi) is 4.84. The third-order valence-electron chi connectivity index (χ3n) is 2.81. The zero-order chi connectivity index (χ0) is 11.3. The molecule has 0 aromatic rings. The molecule has 1 aliphatic carbocycles. The first-order chi connectivity index (χ1) is 7.09. The van der Waals surface area contributed by atoms with Crippen LogP contribution >= 0.6 is 0 Å². The number of urea groups is 1. The molecule has 1 saturated carbocycles. The van der Waals surface area contributed by atoms with Crippen molar-refractivity contribution in [2.45, 2.75) is 50.8 Å². The van der Waals surface area contributed by atoms with Gasteiger partial charge in [-0.25, -0.2) is 4.79 Å². The first kappa shape index (κ1) is 12.3. The molecule has 1 fully saturated rings. The van der Waals surface area contributed by atoms with Crippen LogP contribution in [0.3, 0.4) is 0 Å². The number of nitrogens with two attached hydrogens (primary N) is 1. The summed E-state index contributed by atoms with van der Waals surface area (Å²) in [7, 11) is 0. The van der Waals surface area contributed by atoms with Crippen molar-refractivity contribution < 1.29 is 9.90 Å². The maximum absolute atomic E-state index is 11.4. The van der Waals surface area contributed by atoms with Crippen LogP contribution in [0.4, 0.5) is 4.79 Å². The number of aliphatic hydroxyl groups excluding tert-OH is 1. The molecule has 2 atom stereocenters. The Balaban J connectivity index is 2.12. The van der Waals surface area contributed by atoms with Gasteiger partial charge in [0.1, 0.15) is 0 Å². The van der Waals surface area contributed by atoms with E-state index in [1.54, 1.807) is 6.92 Å². The molecule has 0 heterocycles. The lowest BCUT2D eigenvalue weighted by Crippen LogP contribution is -2.48. The zero-order valence-electron chi connectivity index (χ0n) is 9.20. The number of aliphatic hydroxyl groups is 1. The minimum atomic E-state index is -0.600. The molecule has 0 aliphatic heterocycles. The van der Waals surface area contributed by atoms with E-state index < -0.39 is 12.1 Å². The summed E-state index contributed by atoms with van der Waals surface area (Å²) < 4.78 is 0. The lowest BCUT2D eigenvalue weighted by molar-refractivity contribution is 0.162. The number of carbonyl (C=O) groups excluding carboxylic acids is 1. The standard InChI is InChI=1S/C10H21N3O2/c1-7(14)9(11)6-12-10(15)13-8-4-2-3-5-8/h7-9,14H,2-6,11H2,1H3,(H2,12,13,15). The summed E-state index contributed by atoms with van der Waals surface area (Å²) in [6.45, 7) is 1.91. The van der Waals surface area contributed by atoms with E-state index in [1.807, 2.05) is 0 Å². The van der Waals surface area contributed by atoms with E-state index in [4.69, 9.17) is 10.8 Å². The molecule has 1 rings (SSSR count). The quantitative estimate of drug-likeness (QED) is 0.529. The fourth-order valence-electron chi connectivity index (χ4n) is 1.69. The predicted molar refractivity (Wildman–Crippen MR) is 58.4 cm³/mol. The number of rotatable bonds is 4. The van der Waals surface area contributed by atoms with Gasteiger partial charge in [-0.2, -0.15) is 0 Å². The second-order valence-electron chi connectivity index (χ2n) is 4.24. The largest absolute Gasteiger partial charge is 0.392 e. The van der Waals surface area contributed by atoms with Crippen molar-refractivity contribution in [1.29, 1.82) is 0 Å². The van der Waals surface area contributed by atoms with Crippen LogP contribution in [-0.4, -0.2) is 35.9 Å². The summed E-state index contributed by atoms with van der Waals surface area (Å²) in [6.07, 6.45) is 3.92. The fourth-order valence-corrected chi connectivity index (χ4v) is 1.69. The summed E-state index contributed by atoms with van der Waals surface area (Å²) in [5.74, 6) is 0. The van der Waals surface area contributed by atoms with Gasteiger partial charge in [-0.05, 0) is 19.8 Å². The summed E-state index contributed by atoms with van der Waals surface area (Å²) in [5, 5.41) is 14.7. The van der Waals surface area contributed by atoms with Crippen molar-refractivity contribution in [2.24, 2.45) is 5.73 Å². The van der Waals surface area contributed by atoms with E-state index in [0.29, 0.717) is 12.6 Å². The van der Waals surface area contributed by atoms with Crippen LogP contribution in [0.15, 0.2) is 0 Å². The first-order valence-electron chi connectivity index (χ1n) is 5.57. The Morgan fingerprint density at radius 1 is 1.53 bits per heavy atom.